The van der Waals surface area contributed by atoms with Crippen LogP contribution in [0.5, 0.6) is 11.5 Å². The Morgan fingerprint density at radius 1 is 1.12 bits per heavy atom. The van der Waals surface area contributed by atoms with Gasteiger partial charge in [-0.1, -0.05) is 24.3 Å². The molecular weight excluding hydrogens is 332 g/mol. The number of benzene rings is 2. The lowest BCUT2D eigenvalue weighted by Gasteiger charge is -2.25. The van der Waals surface area contributed by atoms with Crippen LogP contribution in [0.25, 0.3) is 11.1 Å². The summed E-state index contributed by atoms with van der Waals surface area (Å²) < 4.78 is 40.4. The lowest BCUT2D eigenvalue weighted by atomic mass is 9.87. The van der Waals surface area contributed by atoms with Gasteiger partial charge in [0.15, 0.2) is 11.5 Å². The van der Waals surface area contributed by atoms with Crippen molar-refractivity contribution in [1.82, 2.24) is 0 Å². The van der Waals surface area contributed by atoms with E-state index in [9.17, 15) is 13.6 Å². The number of carbonyl (C=O) groups is 1. The summed E-state index contributed by atoms with van der Waals surface area (Å²) in [6.45, 7) is 0. The molecule has 2 N–H and O–H groups in total. The predicted molar refractivity (Wildman–Crippen MR) is 84.4 cm³/mol. The third-order valence-corrected chi connectivity index (χ3v) is 4.40. The number of carbonyl (C=O) groups excluding carboxylic acids is 1. The maximum absolute atomic E-state index is 13.1. The number of fused-ring (bicyclic) bond motifs is 2. The number of primary amides is 1. The molecule has 0 spiro atoms. The summed E-state index contributed by atoms with van der Waals surface area (Å²) >= 11 is 0. The first-order chi connectivity index (χ1) is 11.9. The van der Waals surface area contributed by atoms with Gasteiger partial charge in [0.05, 0.1) is 0 Å². The molecule has 2 aromatic carbocycles. The molecule has 1 atom stereocenters. The number of hydrogen-bond acceptors (Lipinski definition) is 4. The van der Waals surface area contributed by atoms with Crippen molar-refractivity contribution in [3.8, 4) is 22.6 Å². The Labute approximate surface area is 142 Å². The fraction of sp³-hybridized carbons (Fsp3) is 0.278. The van der Waals surface area contributed by atoms with Crippen molar-refractivity contribution >= 4 is 6.09 Å². The van der Waals surface area contributed by atoms with Crippen LogP contribution in [0.3, 0.4) is 0 Å². The van der Waals surface area contributed by atoms with Gasteiger partial charge in [-0.2, -0.15) is 0 Å². The van der Waals surface area contributed by atoms with Crippen molar-refractivity contribution in [2.45, 2.75) is 31.7 Å². The number of amides is 1. The molecule has 130 valence electrons. The van der Waals surface area contributed by atoms with Gasteiger partial charge in [0.2, 0.25) is 0 Å². The van der Waals surface area contributed by atoms with Crippen molar-refractivity contribution in [2.75, 3.05) is 0 Å². The molecule has 5 nitrogen and oxygen atoms in total. The zero-order chi connectivity index (χ0) is 17.6. The fourth-order valence-corrected chi connectivity index (χ4v) is 3.34. The van der Waals surface area contributed by atoms with E-state index < -0.39 is 12.4 Å². The van der Waals surface area contributed by atoms with Crippen LogP contribution in [-0.2, 0) is 11.2 Å². The molecule has 1 heterocycles. The quantitative estimate of drug-likeness (QED) is 0.886. The summed E-state index contributed by atoms with van der Waals surface area (Å²) in [6, 6.07) is 10.4. The molecule has 2 aliphatic rings. The fourth-order valence-electron chi connectivity index (χ4n) is 3.34. The molecule has 0 saturated carbocycles. The number of nitrogens with two attached hydrogens (primary N) is 1. The Morgan fingerprint density at radius 2 is 1.84 bits per heavy atom. The predicted octanol–water partition coefficient (Wildman–Crippen LogP) is 4.15. The van der Waals surface area contributed by atoms with Gasteiger partial charge >= 0.3 is 12.4 Å². The summed E-state index contributed by atoms with van der Waals surface area (Å²) in [5.74, 6) is 0.0248. The normalized spacial score (nSPS) is 20.0. The Hall–Kier alpha value is -2.83. The van der Waals surface area contributed by atoms with Crippen molar-refractivity contribution < 1.29 is 27.8 Å². The van der Waals surface area contributed by atoms with Gasteiger partial charge in [-0.15, -0.1) is 8.78 Å². The van der Waals surface area contributed by atoms with Gasteiger partial charge in [-0.3, -0.25) is 0 Å². The van der Waals surface area contributed by atoms with Crippen LogP contribution in [-0.4, -0.2) is 12.4 Å². The summed E-state index contributed by atoms with van der Waals surface area (Å²) in [6.07, 6.45) is -2.30. The molecule has 2 aromatic rings. The van der Waals surface area contributed by atoms with E-state index in [0.717, 1.165) is 41.5 Å². The van der Waals surface area contributed by atoms with Crippen molar-refractivity contribution in [3.63, 3.8) is 0 Å². The van der Waals surface area contributed by atoms with Crippen LogP contribution in [0.4, 0.5) is 13.6 Å². The molecule has 25 heavy (non-hydrogen) atoms. The average molecular weight is 347 g/mol. The molecule has 0 saturated heterocycles. The van der Waals surface area contributed by atoms with Crippen molar-refractivity contribution in [1.29, 1.82) is 0 Å². The summed E-state index contributed by atoms with van der Waals surface area (Å²) in [5, 5.41) is 0. The minimum Gasteiger partial charge on any atom is -0.442 e. The first kappa shape index (κ1) is 15.7. The van der Waals surface area contributed by atoms with Crippen LogP contribution in [0.1, 0.15) is 30.1 Å². The van der Waals surface area contributed by atoms with E-state index in [1.807, 2.05) is 18.2 Å². The summed E-state index contributed by atoms with van der Waals surface area (Å²) in [5.41, 5.74) is 8.71. The highest BCUT2D eigenvalue weighted by Gasteiger charge is 2.43. The van der Waals surface area contributed by atoms with Gasteiger partial charge in [0.1, 0.15) is 6.10 Å². The van der Waals surface area contributed by atoms with E-state index in [4.69, 9.17) is 10.5 Å². The third kappa shape index (κ3) is 2.97. The number of halogens is 2. The molecule has 1 aliphatic carbocycles. The molecule has 7 heteroatoms. The number of alkyl halides is 2. The number of aryl methyl sites for hydroxylation is 1. The minimum absolute atomic E-state index is 0.00941. The van der Waals surface area contributed by atoms with Gasteiger partial charge in [0.25, 0.3) is 0 Å². The topological polar surface area (TPSA) is 70.8 Å². The van der Waals surface area contributed by atoms with Crippen LogP contribution >= 0.6 is 0 Å². The first-order valence-corrected chi connectivity index (χ1v) is 7.90. The molecule has 1 unspecified atom stereocenters. The smallest absolute Gasteiger partial charge is 0.442 e. The Bertz CT molecular complexity index is 853. The Morgan fingerprint density at radius 3 is 2.64 bits per heavy atom. The highest BCUT2D eigenvalue weighted by Crippen LogP contribution is 2.43. The van der Waals surface area contributed by atoms with Crippen LogP contribution in [0.2, 0.25) is 0 Å². The van der Waals surface area contributed by atoms with E-state index >= 15 is 0 Å². The van der Waals surface area contributed by atoms with Gasteiger partial charge in [0, 0.05) is 0 Å². The molecule has 0 bridgehead atoms. The van der Waals surface area contributed by atoms with Gasteiger partial charge < -0.3 is 19.9 Å². The van der Waals surface area contributed by atoms with Gasteiger partial charge in [-0.25, -0.2) is 4.79 Å². The molecule has 1 amide bonds. The molecular formula is C18H15F2NO4. The summed E-state index contributed by atoms with van der Waals surface area (Å²) in [7, 11) is 0. The van der Waals surface area contributed by atoms with Crippen molar-refractivity contribution in [2.24, 2.45) is 5.73 Å². The van der Waals surface area contributed by atoms with E-state index in [-0.39, 0.29) is 17.6 Å². The highest BCUT2D eigenvalue weighted by molar-refractivity contribution is 5.69. The lowest BCUT2D eigenvalue weighted by Crippen LogP contribution is -2.25. The zero-order valence-electron chi connectivity index (χ0n) is 13.1. The number of rotatable bonds is 2. The SMILES string of the molecule is NC(=O)OC1CCCc2cc(-c3ccc4c(c3)OC(F)(F)O4)ccc21. The van der Waals surface area contributed by atoms with Crippen LogP contribution < -0.4 is 15.2 Å². The minimum atomic E-state index is -3.63. The number of ether oxygens (including phenoxy) is 3. The molecule has 1 aliphatic heterocycles. The molecule has 0 aromatic heterocycles. The first-order valence-electron chi connectivity index (χ1n) is 7.90. The molecule has 0 fully saturated rings. The maximum Gasteiger partial charge on any atom is 0.586 e. The monoisotopic (exact) mass is 347 g/mol. The number of hydrogen-bond donors (Lipinski definition) is 1. The maximum atomic E-state index is 13.1. The summed E-state index contributed by atoms with van der Waals surface area (Å²) in [4.78, 5) is 11.0. The molecule has 0 radical (unpaired) electrons. The standard InChI is InChI=1S/C18H15F2NO4/c19-18(20)24-15-7-5-11(9-16(15)25-18)10-4-6-13-12(8-10)2-1-3-14(13)23-17(21)22/h4-9,14H,1-3H2,(H2,21,22). The average Bonchev–Trinajstić information content (AvgIpc) is 2.87. The van der Waals surface area contributed by atoms with Crippen LogP contribution in [0.15, 0.2) is 36.4 Å². The largest absolute Gasteiger partial charge is 0.586 e. The van der Waals surface area contributed by atoms with E-state index in [1.165, 1.54) is 12.1 Å². The second-order valence-electron chi connectivity index (χ2n) is 6.06. The van der Waals surface area contributed by atoms with Crippen molar-refractivity contribution in [3.05, 3.63) is 47.5 Å². The second-order valence-corrected chi connectivity index (χ2v) is 6.06. The highest BCUT2D eigenvalue weighted by atomic mass is 19.3. The zero-order valence-corrected chi connectivity index (χ0v) is 13.1. The van der Waals surface area contributed by atoms with E-state index in [0.29, 0.717) is 0 Å². The molecule has 4 rings (SSSR count). The van der Waals surface area contributed by atoms with E-state index in [1.54, 1.807) is 6.07 Å². The second kappa shape index (κ2) is 5.61. The van der Waals surface area contributed by atoms with Gasteiger partial charge in [-0.05, 0) is 53.6 Å². The van der Waals surface area contributed by atoms with E-state index in [2.05, 4.69) is 9.47 Å². The third-order valence-electron chi connectivity index (χ3n) is 4.40. The Balaban J connectivity index is 1.66. The van der Waals surface area contributed by atoms with Crippen LogP contribution in [0, 0.1) is 0 Å². The lowest BCUT2D eigenvalue weighted by molar-refractivity contribution is -0.286. The Kier molecular flexibility index (Phi) is 3.52.